The third-order valence-electron chi connectivity index (χ3n) is 4.84. The molecule has 1 aromatic heterocycles. The fourth-order valence-corrected chi connectivity index (χ4v) is 3.78. The summed E-state index contributed by atoms with van der Waals surface area (Å²) in [6.45, 7) is 0. The van der Waals surface area contributed by atoms with E-state index in [1.165, 1.54) is 54.6 Å². The van der Waals surface area contributed by atoms with Crippen molar-refractivity contribution in [3.63, 3.8) is 0 Å². The van der Waals surface area contributed by atoms with E-state index in [0.29, 0.717) is 12.1 Å². The van der Waals surface area contributed by atoms with Crippen LogP contribution in [0.5, 0.6) is 0 Å². The average Bonchev–Trinajstić information content (AvgIpc) is 2.97. The largest absolute Gasteiger partial charge is 0.469 e. The predicted octanol–water partition coefficient (Wildman–Crippen LogP) is 3.80. The van der Waals surface area contributed by atoms with Gasteiger partial charge in [-0.25, -0.2) is 0 Å². The number of fused-ring (bicyclic) bond motifs is 2. The van der Waals surface area contributed by atoms with E-state index in [4.69, 9.17) is 4.42 Å². The monoisotopic (exact) mass is 267 g/mol. The van der Waals surface area contributed by atoms with Gasteiger partial charge in [0.2, 0.25) is 0 Å². The van der Waals surface area contributed by atoms with Crippen LogP contribution >= 0.6 is 0 Å². The van der Waals surface area contributed by atoms with Crippen molar-refractivity contribution in [3.8, 4) is 0 Å². The topological polar surface area (TPSA) is 25.2 Å². The van der Waals surface area contributed by atoms with Gasteiger partial charge in [0.05, 0.1) is 6.26 Å². The Kier molecular flexibility index (Phi) is 3.12. The first kappa shape index (κ1) is 12.2. The molecule has 20 heavy (non-hydrogen) atoms. The second-order valence-corrected chi connectivity index (χ2v) is 6.12. The van der Waals surface area contributed by atoms with E-state index in [9.17, 15) is 0 Å². The third-order valence-corrected chi connectivity index (χ3v) is 4.84. The molecule has 2 aromatic rings. The second-order valence-electron chi connectivity index (χ2n) is 6.12. The molecule has 0 saturated heterocycles. The fraction of sp³-hybridized carbons (Fsp3) is 0.444. The number of hydrogen-bond donors (Lipinski definition) is 1. The summed E-state index contributed by atoms with van der Waals surface area (Å²) in [6, 6.07) is 12.1. The summed E-state index contributed by atoms with van der Waals surface area (Å²) in [5, 5.41) is 3.88. The van der Waals surface area contributed by atoms with Crippen LogP contribution in [0.3, 0.4) is 0 Å². The smallest absolute Gasteiger partial charge is 0.108 e. The molecule has 2 heteroatoms. The third kappa shape index (κ3) is 2.18. The van der Waals surface area contributed by atoms with Crippen LogP contribution in [0.2, 0.25) is 0 Å². The lowest BCUT2D eigenvalue weighted by atomic mass is 9.86. The van der Waals surface area contributed by atoms with E-state index >= 15 is 0 Å². The molecule has 1 aromatic carbocycles. The van der Waals surface area contributed by atoms with Crippen LogP contribution in [0.25, 0.3) is 0 Å². The van der Waals surface area contributed by atoms with Gasteiger partial charge in [0.1, 0.15) is 5.76 Å². The summed E-state index contributed by atoms with van der Waals surface area (Å²) in [5.74, 6) is 1.20. The van der Waals surface area contributed by atoms with Crippen LogP contribution in [0.4, 0.5) is 0 Å². The van der Waals surface area contributed by atoms with Crippen molar-refractivity contribution in [1.82, 2.24) is 5.32 Å². The van der Waals surface area contributed by atoms with E-state index in [1.807, 2.05) is 6.26 Å². The van der Waals surface area contributed by atoms with Gasteiger partial charge in [-0.05, 0) is 49.3 Å². The van der Waals surface area contributed by atoms with Crippen LogP contribution < -0.4 is 5.32 Å². The normalized spacial score (nSPS) is 25.0. The Balaban J connectivity index is 1.49. The molecule has 2 nitrogen and oxygen atoms in total. The van der Waals surface area contributed by atoms with E-state index in [2.05, 4.69) is 35.6 Å². The SMILES string of the molecule is c1ccc2c(c1)CCC(NC1CCCc3occc31)C2. The first-order valence-electron chi connectivity index (χ1n) is 7.79. The molecule has 0 aliphatic heterocycles. The highest BCUT2D eigenvalue weighted by molar-refractivity contribution is 5.31. The quantitative estimate of drug-likeness (QED) is 0.895. The van der Waals surface area contributed by atoms with Gasteiger partial charge in [-0.2, -0.15) is 0 Å². The molecule has 1 N–H and O–H groups in total. The fourth-order valence-electron chi connectivity index (χ4n) is 3.78. The van der Waals surface area contributed by atoms with Gasteiger partial charge in [-0.15, -0.1) is 0 Å². The summed E-state index contributed by atoms with van der Waals surface area (Å²) in [5.41, 5.74) is 4.47. The van der Waals surface area contributed by atoms with Crippen LogP contribution in [-0.4, -0.2) is 6.04 Å². The Morgan fingerprint density at radius 2 is 1.90 bits per heavy atom. The van der Waals surface area contributed by atoms with Crippen molar-refractivity contribution in [2.75, 3.05) is 0 Å². The highest BCUT2D eigenvalue weighted by Gasteiger charge is 2.26. The van der Waals surface area contributed by atoms with Crippen molar-refractivity contribution in [2.45, 2.75) is 50.6 Å². The maximum atomic E-state index is 5.59. The minimum Gasteiger partial charge on any atom is -0.469 e. The van der Waals surface area contributed by atoms with Gasteiger partial charge in [0.15, 0.2) is 0 Å². The summed E-state index contributed by atoms with van der Waals surface area (Å²) < 4.78 is 5.59. The summed E-state index contributed by atoms with van der Waals surface area (Å²) in [4.78, 5) is 0. The highest BCUT2D eigenvalue weighted by atomic mass is 16.3. The second kappa shape index (κ2) is 5.10. The molecule has 0 saturated carbocycles. The van der Waals surface area contributed by atoms with Crippen molar-refractivity contribution < 1.29 is 4.42 Å². The molecule has 104 valence electrons. The summed E-state index contributed by atoms with van der Waals surface area (Å²) in [6.07, 6.45) is 9.06. The van der Waals surface area contributed by atoms with Crippen LogP contribution in [0.15, 0.2) is 41.0 Å². The molecule has 0 spiro atoms. The van der Waals surface area contributed by atoms with Gasteiger partial charge in [-0.1, -0.05) is 24.3 Å². The molecule has 0 bridgehead atoms. The minimum absolute atomic E-state index is 0.493. The molecular formula is C18H21NO. The van der Waals surface area contributed by atoms with E-state index in [-0.39, 0.29) is 0 Å². The van der Waals surface area contributed by atoms with Gasteiger partial charge < -0.3 is 9.73 Å². The van der Waals surface area contributed by atoms with Crippen molar-refractivity contribution in [2.24, 2.45) is 0 Å². The molecule has 2 aliphatic carbocycles. The molecule has 1 heterocycles. The molecule has 2 atom stereocenters. The standard InChI is InChI=1S/C18H21NO/c1-2-5-14-12-15(9-8-13(14)4-1)19-17-6-3-7-18-16(17)10-11-20-18/h1-2,4-5,10-11,15,17,19H,3,6-9,12H2. The predicted molar refractivity (Wildman–Crippen MR) is 79.8 cm³/mol. The number of furan rings is 1. The van der Waals surface area contributed by atoms with Crippen LogP contribution in [0.1, 0.15) is 47.8 Å². The Hall–Kier alpha value is -1.54. The molecule has 0 radical (unpaired) electrons. The number of hydrogen-bond acceptors (Lipinski definition) is 2. The van der Waals surface area contributed by atoms with Crippen molar-refractivity contribution in [1.29, 1.82) is 0 Å². The minimum atomic E-state index is 0.493. The van der Waals surface area contributed by atoms with E-state index in [0.717, 1.165) is 6.42 Å². The Morgan fingerprint density at radius 1 is 1.00 bits per heavy atom. The zero-order valence-corrected chi connectivity index (χ0v) is 11.8. The zero-order valence-electron chi connectivity index (χ0n) is 11.8. The maximum absolute atomic E-state index is 5.59. The number of rotatable bonds is 2. The van der Waals surface area contributed by atoms with Gasteiger partial charge >= 0.3 is 0 Å². The molecule has 4 rings (SSSR count). The molecular weight excluding hydrogens is 246 g/mol. The number of aryl methyl sites for hydroxylation is 2. The Morgan fingerprint density at radius 3 is 2.85 bits per heavy atom. The number of nitrogens with one attached hydrogen (secondary N) is 1. The Bertz CT molecular complexity index is 601. The van der Waals surface area contributed by atoms with Crippen LogP contribution in [0, 0.1) is 0 Å². The first-order chi connectivity index (χ1) is 9.90. The highest BCUT2D eigenvalue weighted by Crippen LogP contribution is 2.32. The van der Waals surface area contributed by atoms with Crippen molar-refractivity contribution >= 4 is 0 Å². The average molecular weight is 267 g/mol. The first-order valence-corrected chi connectivity index (χ1v) is 7.79. The van der Waals surface area contributed by atoms with E-state index in [1.54, 1.807) is 0 Å². The van der Waals surface area contributed by atoms with Gasteiger partial charge in [0.25, 0.3) is 0 Å². The zero-order chi connectivity index (χ0) is 13.4. The van der Waals surface area contributed by atoms with E-state index < -0.39 is 0 Å². The van der Waals surface area contributed by atoms with Crippen molar-refractivity contribution in [3.05, 3.63) is 59.0 Å². The Labute approximate surface area is 120 Å². The molecule has 2 unspecified atom stereocenters. The lowest BCUT2D eigenvalue weighted by Gasteiger charge is -2.31. The molecule has 0 amide bonds. The summed E-state index contributed by atoms with van der Waals surface area (Å²) in [7, 11) is 0. The van der Waals surface area contributed by atoms with Crippen LogP contribution in [-0.2, 0) is 19.3 Å². The summed E-state index contributed by atoms with van der Waals surface area (Å²) >= 11 is 0. The lowest BCUT2D eigenvalue weighted by Crippen LogP contribution is -2.38. The maximum Gasteiger partial charge on any atom is 0.108 e. The van der Waals surface area contributed by atoms with Gasteiger partial charge in [-0.3, -0.25) is 0 Å². The number of benzene rings is 1. The van der Waals surface area contributed by atoms with Gasteiger partial charge in [0, 0.05) is 24.1 Å². The lowest BCUT2D eigenvalue weighted by molar-refractivity contribution is 0.353. The molecule has 0 fully saturated rings. The molecule has 2 aliphatic rings.